The fourth-order valence-corrected chi connectivity index (χ4v) is 3.20. The van der Waals surface area contributed by atoms with E-state index in [0.29, 0.717) is 12.3 Å². The fourth-order valence-electron chi connectivity index (χ4n) is 2.25. The number of nitrogens with one attached hydrogen (secondary N) is 1. The number of pyridine rings is 1. The summed E-state index contributed by atoms with van der Waals surface area (Å²) < 4.78 is 1.87. The molecular formula is C17H18N4OS. The quantitative estimate of drug-likeness (QED) is 0.733. The number of aryl methyl sites for hydroxylation is 2. The lowest BCUT2D eigenvalue weighted by molar-refractivity contribution is -0.118. The highest BCUT2D eigenvalue weighted by atomic mass is 32.2. The molecule has 3 rings (SSSR count). The average molecular weight is 326 g/mol. The second-order valence-electron chi connectivity index (χ2n) is 5.38. The number of benzene rings is 1. The Morgan fingerprint density at radius 1 is 1.22 bits per heavy atom. The van der Waals surface area contributed by atoms with Crippen LogP contribution >= 0.6 is 11.8 Å². The predicted molar refractivity (Wildman–Crippen MR) is 91.5 cm³/mol. The van der Waals surface area contributed by atoms with Crippen molar-refractivity contribution in [2.75, 3.05) is 5.75 Å². The van der Waals surface area contributed by atoms with Crippen molar-refractivity contribution < 1.29 is 4.79 Å². The highest BCUT2D eigenvalue weighted by molar-refractivity contribution is 8.00. The molecule has 1 aromatic carbocycles. The van der Waals surface area contributed by atoms with E-state index in [-0.39, 0.29) is 5.91 Å². The van der Waals surface area contributed by atoms with Crippen LogP contribution in [0, 0.1) is 13.8 Å². The van der Waals surface area contributed by atoms with Crippen LogP contribution in [-0.4, -0.2) is 26.3 Å². The molecule has 1 N–H and O–H groups in total. The Hall–Kier alpha value is -2.34. The lowest BCUT2D eigenvalue weighted by Crippen LogP contribution is -2.25. The van der Waals surface area contributed by atoms with E-state index in [4.69, 9.17) is 0 Å². The lowest BCUT2D eigenvalue weighted by Gasteiger charge is -2.07. The van der Waals surface area contributed by atoms with Gasteiger partial charge in [-0.1, -0.05) is 23.8 Å². The van der Waals surface area contributed by atoms with Gasteiger partial charge in [0.25, 0.3) is 0 Å². The van der Waals surface area contributed by atoms with Crippen molar-refractivity contribution in [3.63, 3.8) is 0 Å². The van der Waals surface area contributed by atoms with Gasteiger partial charge in [-0.3, -0.25) is 9.20 Å². The van der Waals surface area contributed by atoms with Crippen LogP contribution in [0.3, 0.4) is 0 Å². The Labute approximate surface area is 139 Å². The maximum absolute atomic E-state index is 12.1. The van der Waals surface area contributed by atoms with Crippen molar-refractivity contribution in [2.45, 2.75) is 25.3 Å². The van der Waals surface area contributed by atoms with Gasteiger partial charge in [0.15, 0.2) is 11.5 Å². The SMILES string of the molecule is Cc1ccc(C)c(SCC(=O)NCc2nnc3ccccn23)c1. The smallest absolute Gasteiger partial charge is 0.230 e. The molecule has 0 radical (unpaired) electrons. The van der Waals surface area contributed by atoms with Gasteiger partial charge in [-0.2, -0.15) is 0 Å². The molecule has 2 aromatic heterocycles. The first-order chi connectivity index (χ1) is 11.1. The van der Waals surface area contributed by atoms with Gasteiger partial charge in [-0.15, -0.1) is 22.0 Å². The van der Waals surface area contributed by atoms with Gasteiger partial charge in [0.2, 0.25) is 5.91 Å². The first kappa shape index (κ1) is 15.6. The molecule has 0 spiro atoms. The summed E-state index contributed by atoms with van der Waals surface area (Å²) >= 11 is 1.56. The highest BCUT2D eigenvalue weighted by Crippen LogP contribution is 2.23. The number of amides is 1. The lowest BCUT2D eigenvalue weighted by atomic mass is 10.2. The summed E-state index contributed by atoms with van der Waals surface area (Å²) in [5, 5.41) is 11.1. The average Bonchev–Trinajstić information content (AvgIpc) is 2.97. The minimum absolute atomic E-state index is 0.0106. The van der Waals surface area contributed by atoms with Crippen molar-refractivity contribution >= 4 is 23.3 Å². The zero-order valence-electron chi connectivity index (χ0n) is 13.1. The van der Waals surface area contributed by atoms with E-state index in [1.807, 2.05) is 28.8 Å². The Balaban J connectivity index is 1.56. The molecular weight excluding hydrogens is 308 g/mol. The first-order valence-electron chi connectivity index (χ1n) is 7.39. The summed E-state index contributed by atoms with van der Waals surface area (Å²) in [5.41, 5.74) is 3.17. The number of rotatable bonds is 5. The summed E-state index contributed by atoms with van der Waals surface area (Å²) in [6.07, 6.45) is 1.89. The van der Waals surface area contributed by atoms with E-state index >= 15 is 0 Å². The molecule has 5 nitrogen and oxygen atoms in total. The number of fused-ring (bicyclic) bond motifs is 1. The molecule has 1 amide bonds. The van der Waals surface area contributed by atoms with Crippen LogP contribution < -0.4 is 5.32 Å². The van der Waals surface area contributed by atoms with E-state index in [9.17, 15) is 4.79 Å². The van der Waals surface area contributed by atoms with Crippen molar-refractivity contribution in [3.05, 3.63) is 59.5 Å². The third kappa shape index (κ3) is 3.71. The summed E-state index contributed by atoms with van der Waals surface area (Å²) in [7, 11) is 0. The zero-order valence-corrected chi connectivity index (χ0v) is 13.9. The number of carbonyl (C=O) groups excluding carboxylic acids is 1. The maximum atomic E-state index is 12.1. The van der Waals surface area contributed by atoms with Crippen LogP contribution in [-0.2, 0) is 11.3 Å². The minimum Gasteiger partial charge on any atom is -0.348 e. The number of thioether (sulfide) groups is 1. The van der Waals surface area contributed by atoms with Gasteiger partial charge in [-0.25, -0.2) is 0 Å². The number of nitrogens with zero attached hydrogens (tertiary/aromatic N) is 3. The van der Waals surface area contributed by atoms with E-state index in [2.05, 4.69) is 47.6 Å². The van der Waals surface area contributed by atoms with Crippen molar-refractivity contribution in [3.8, 4) is 0 Å². The molecule has 0 saturated heterocycles. The molecule has 0 atom stereocenters. The van der Waals surface area contributed by atoms with Crippen LogP contribution in [0.15, 0.2) is 47.5 Å². The second-order valence-corrected chi connectivity index (χ2v) is 6.40. The van der Waals surface area contributed by atoms with Crippen molar-refractivity contribution in [2.24, 2.45) is 0 Å². The third-order valence-electron chi connectivity index (χ3n) is 3.53. The summed E-state index contributed by atoms with van der Waals surface area (Å²) in [6.45, 7) is 4.49. The van der Waals surface area contributed by atoms with E-state index in [0.717, 1.165) is 16.4 Å². The second kappa shape index (κ2) is 6.83. The Morgan fingerprint density at radius 2 is 2.09 bits per heavy atom. The molecule has 0 fully saturated rings. The van der Waals surface area contributed by atoms with Gasteiger partial charge in [0.05, 0.1) is 12.3 Å². The van der Waals surface area contributed by atoms with Gasteiger partial charge in [-0.05, 0) is 37.6 Å². The van der Waals surface area contributed by atoms with Crippen LogP contribution in [0.1, 0.15) is 17.0 Å². The van der Waals surface area contributed by atoms with Crippen LogP contribution in [0.5, 0.6) is 0 Å². The van der Waals surface area contributed by atoms with E-state index in [1.165, 1.54) is 11.1 Å². The minimum atomic E-state index is -0.0106. The highest BCUT2D eigenvalue weighted by Gasteiger charge is 2.08. The van der Waals surface area contributed by atoms with Crippen LogP contribution in [0.2, 0.25) is 0 Å². The zero-order chi connectivity index (χ0) is 16.2. The van der Waals surface area contributed by atoms with Gasteiger partial charge in [0, 0.05) is 11.1 Å². The van der Waals surface area contributed by atoms with Crippen LogP contribution in [0.4, 0.5) is 0 Å². The van der Waals surface area contributed by atoms with Gasteiger partial charge in [0.1, 0.15) is 0 Å². The molecule has 6 heteroatoms. The number of hydrogen-bond donors (Lipinski definition) is 1. The normalized spacial score (nSPS) is 10.9. The molecule has 0 saturated carbocycles. The molecule has 23 heavy (non-hydrogen) atoms. The third-order valence-corrected chi connectivity index (χ3v) is 4.69. The summed E-state index contributed by atoms with van der Waals surface area (Å²) in [4.78, 5) is 13.2. The summed E-state index contributed by atoms with van der Waals surface area (Å²) in [5.74, 6) is 1.11. The standard InChI is InChI=1S/C17H18N4OS/c1-12-6-7-13(2)14(9-12)23-11-17(22)18-10-16-20-19-15-5-3-4-8-21(15)16/h3-9H,10-11H2,1-2H3,(H,18,22). The van der Waals surface area contributed by atoms with E-state index < -0.39 is 0 Å². The molecule has 2 heterocycles. The topological polar surface area (TPSA) is 59.3 Å². The molecule has 0 aliphatic heterocycles. The first-order valence-corrected chi connectivity index (χ1v) is 8.37. The largest absolute Gasteiger partial charge is 0.348 e. The Bertz CT molecular complexity index is 843. The monoisotopic (exact) mass is 326 g/mol. The summed E-state index contributed by atoms with van der Waals surface area (Å²) in [6, 6.07) is 12.0. The molecule has 118 valence electrons. The Morgan fingerprint density at radius 3 is 2.96 bits per heavy atom. The predicted octanol–water partition coefficient (Wildman–Crippen LogP) is 2.75. The molecule has 0 aliphatic carbocycles. The van der Waals surface area contributed by atoms with Crippen LogP contribution in [0.25, 0.3) is 5.65 Å². The molecule has 0 aliphatic rings. The number of hydrogen-bond acceptors (Lipinski definition) is 4. The van der Waals surface area contributed by atoms with Gasteiger partial charge < -0.3 is 5.32 Å². The molecule has 3 aromatic rings. The number of aromatic nitrogens is 3. The van der Waals surface area contributed by atoms with Gasteiger partial charge >= 0.3 is 0 Å². The van der Waals surface area contributed by atoms with E-state index in [1.54, 1.807) is 11.8 Å². The fraction of sp³-hybridized carbons (Fsp3) is 0.235. The number of carbonyl (C=O) groups is 1. The Kier molecular flexibility index (Phi) is 4.62. The van der Waals surface area contributed by atoms with Crippen molar-refractivity contribution in [1.82, 2.24) is 19.9 Å². The maximum Gasteiger partial charge on any atom is 0.230 e. The van der Waals surface area contributed by atoms with Crippen molar-refractivity contribution in [1.29, 1.82) is 0 Å². The molecule has 0 bridgehead atoms. The molecule has 0 unspecified atom stereocenters.